The molecule has 0 spiro atoms. The maximum atomic E-state index is 5.95. The van der Waals surface area contributed by atoms with Gasteiger partial charge in [0.05, 0.1) is 18.3 Å². The zero-order valence-electron chi connectivity index (χ0n) is 19.0. The lowest BCUT2D eigenvalue weighted by molar-refractivity contribution is -0.00000795. The van der Waals surface area contributed by atoms with E-state index in [-0.39, 0.29) is 12.4 Å². The van der Waals surface area contributed by atoms with Crippen LogP contribution >= 0.6 is 0 Å². The third-order valence-corrected chi connectivity index (χ3v) is 4.89. The standard InChI is InChI=1S/C25H27N5O2.ClH/c1-17(2)5-4-12-31-20-8-11-24(27-15-20)32-19-7-9-22-21(13-19)25(29-16-28-22)30-23-10-6-18(3)14-26-23;/h6-11,13-17H,4-5,12H2,1-3H3,(H,26,28,29,30);1H/p-1. The van der Waals surface area contributed by atoms with Crippen LogP contribution in [-0.4, -0.2) is 26.5 Å². The molecule has 0 radical (unpaired) electrons. The van der Waals surface area contributed by atoms with Gasteiger partial charge in [0.1, 0.15) is 29.5 Å². The first-order chi connectivity index (χ1) is 15.6. The van der Waals surface area contributed by atoms with E-state index in [4.69, 9.17) is 9.47 Å². The Morgan fingerprint density at radius 1 is 0.909 bits per heavy atom. The predicted octanol–water partition coefficient (Wildman–Crippen LogP) is 3.08. The summed E-state index contributed by atoms with van der Waals surface area (Å²) in [6.45, 7) is 7.12. The van der Waals surface area contributed by atoms with Crippen LogP contribution in [0, 0.1) is 12.8 Å². The summed E-state index contributed by atoms with van der Waals surface area (Å²) in [7, 11) is 0. The number of ether oxygens (including phenoxy) is 2. The molecule has 0 fully saturated rings. The van der Waals surface area contributed by atoms with Crippen molar-refractivity contribution in [1.82, 2.24) is 19.9 Å². The van der Waals surface area contributed by atoms with E-state index in [0.29, 0.717) is 35.8 Å². The van der Waals surface area contributed by atoms with Crippen LogP contribution in [0.1, 0.15) is 32.3 Å². The lowest BCUT2D eigenvalue weighted by Gasteiger charge is -2.10. The van der Waals surface area contributed by atoms with Gasteiger partial charge in [0.25, 0.3) is 0 Å². The SMILES string of the molecule is Cc1ccc(Nc2ncnc3ccc(Oc4ccc(OCCCC(C)C)cn4)cc23)nc1.[Cl-]. The molecule has 8 heteroatoms. The maximum absolute atomic E-state index is 5.95. The Morgan fingerprint density at radius 3 is 2.48 bits per heavy atom. The topological polar surface area (TPSA) is 82.1 Å². The van der Waals surface area contributed by atoms with Crippen LogP contribution in [0.2, 0.25) is 0 Å². The molecule has 4 aromatic rings. The Hall–Kier alpha value is -3.45. The van der Waals surface area contributed by atoms with E-state index in [2.05, 4.69) is 39.1 Å². The number of anilines is 2. The average Bonchev–Trinajstić information content (AvgIpc) is 2.79. The Morgan fingerprint density at radius 2 is 1.76 bits per heavy atom. The van der Waals surface area contributed by atoms with Crippen LogP contribution < -0.4 is 27.2 Å². The van der Waals surface area contributed by atoms with Crippen molar-refractivity contribution in [3.05, 3.63) is 66.7 Å². The van der Waals surface area contributed by atoms with Crippen molar-refractivity contribution >= 4 is 22.5 Å². The molecule has 1 N–H and O–H groups in total. The highest BCUT2D eigenvalue weighted by atomic mass is 35.5. The first-order valence-corrected chi connectivity index (χ1v) is 10.8. The number of pyridine rings is 2. The monoisotopic (exact) mass is 464 g/mol. The van der Waals surface area contributed by atoms with Gasteiger partial charge in [-0.15, -0.1) is 0 Å². The molecule has 3 heterocycles. The largest absolute Gasteiger partial charge is 1.00 e. The minimum Gasteiger partial charge on any atom is -1.00 e. The summed E-state index contributed by atoms with van der Waals surface area (Å²) in [6.07, 6.45) is 7.20. The highest BCUT2D eigenvalue weighted by molar-refractivity contribution is 5.91. The average molecular weight is 465 g/mol. The molecule has 0 bridgehead atoms. The predicted molar refractivity (Wildman–Crippen MR) is 126 cm³/mol. The van der Waals surface area contributed by atoms with Gasteiger partial charge in [0.2, 0.25) is 5.88 Å². The molecule has 3 aromatic heterocycles. The number of nitrogens with zero attached hydrogens (tertiary/aromatic N) is 4. The zero-order valence-corrected chi connectivity index (χ0v) is 19.7. The van der Waals surface area contributed by atoms with E-state index >= 15 is 0 Å². The van der Waals surface area contributed by atoms with E-state index in [9.17, 15) is 0 Å². The van der Waals surface area contributed by atoms with Crippen LogP contribution in [0.4, 0.5) is 11.6 Å². The number of aryl methyl sites for hydroxylation is 1. The van der Waals surface area contributed by atoms with Gasteiger partial charge >= 0.3 is 0 Å². The zero-order chi connectivity index (χ0) is 22.3. The molecule has 7 nitrogen and oxygen atoms in total. The van der Waals surface area contributed by atoms with Crippen LogP contribution in [-0.2, 0) is 0 Å². The van der Waals surface area contributed by atoms with Gasteiger partial charge in [-0.3, -0.25) is 0 Å². The van der Waals surface area contributed by atoms with Crippen molar-refractivity contribution in [2.24, 2.45) is 5.92 Å². The summed E-state index contributed by atoms with van der Waals surface area (Å²) < 4.78 is 11.7. The van der Waals surface area contributed by atoms with Gasteiger partial charge in [-0.1, -0.05) is 19.9 Å². The van der Waals surface area contributed by atoms with Gasteiger partial charge in [-0.2, -0.15) is 0 Å². The highest BCUT2D eigenvalue weighted by Gasteiger charge is 2.08. The second-order valence-electron chi connectivity index (χ2n) is 8.07. The highest BCUT2D eigenvalue weighted by Crippen LogP contribution is 2.29. The molecule has 0 aliphatic rings. The van der Waals surface area contributed by atoms with Crippen molar-refractivity contribution in [1.29, 1.82) is 0 Å². The molecule has 0 saturated heterocycles. The van der Waals surface area contributed by atoms with E-state index in [1.807, 2.05) is 49.5 Å². The maximum Gasteiger partial charge on any atom is 0.219 e. The fourth-order valence-electron chi connectivity index (χ4n) is 3.18. The lowest BCUT2D eigenvalue weighted by Crippen LogP contribution is -3.00. The van der Waals surface area contributed by atoms with Crippen LogP contribution in [0.3, 0.4) is 0 Å². The second kappa shape index (κ2) is 11.4. The van der Waals surface area contributed by atoms with Crippen molar-refractivity contribution in [3.63, 3.8) is 0 Å². The van der Waals surface area contributed by atoms with Crippen molar-refractivity contribution in [3.8, 4) is 17.4 Å². The molecule has 172 valence electrons. The molecule has 0 amide bonds. The molecule has 0 atom stereocenters. The Bertz CT molecular complexity index is 1170. The fraction of sp³-hybridized carbons (Fsp3) is 0.280. The number of rotatable bonds is 9. The second-order valence-corrected chi connectivity index (χ2v) is 8.07. The Labute approximate surface area is 200 Å². The van der Waals surface area contributed by atoms with Crippen molar-refractivity contribution < 1.29 is 21.9 Å². The van der Waals surface area contributed by atoms with E-state index < -0.39 is 0 Å². The number of halogens is 1. The lowest BCUT2D eigenvalue weighted by atomic mass is 10.1. The van der Waals surface area contributed by atoms with Crippen LogP contribution in [0.5, 0.6) is 17.4 Å². The Balaban J connectivity index is 0.00000306. The molecule has 0 unspecified atom stereocenters. The molecular formula is C25H27ClN5O2-. The molecule has 0 saturated carbocycles. The number of hydrogen-bond acceptors (Lipinski definition) is 7. The summed E-state index contributed by atoms with van der Waals surface area (Å²) in [5.41, 5.74) is 1.90. The number of hydrogen-bond donors (Lipinski definition) is 1. The van der Waals surface area contributed by atoms with Crippen molar-refractivity contribution in [2.45, 2.75) is 33.6 Å². The quantitative estimate of drug-likeness (QED) is 0.381. The number of fused-ring (bicyclic) bond motifs is 1. The van der Waals surface area contributed by atoms with Gasteiger partial charge < -0.3 is 27.2 Å². The summed E-state index contributed by atoms with van der Waals surface area (Å²) in [5, 5.41) is 4.08. The summed E-state index contributed by atoms with van der Waals surface area (Å²) in [6, 6.07) is 13.2. The van der Waals surface area contributed by atoms with E-state index in [0.717, 1.165) is 35.1 Å². The third-order valence-electron chi connectivity index (χ3n) is 4.89. The summed E-state index contributed by atoms with van der Waals surface area (Å²) in [5.74, 6) is 3.94. The number of aromatic nitrogens is 4. The van der Waals surface area contributed by atoms with Gasteiger partial charge in [0, 0.05) is 17.6 Å². The smallest absolute Gasteiger partial charge is 0.219 e. The minimum absolute atomic E-state index is 0. The molecular weight excluding hydrogens is 438 g/mol. The molecule has 33 heavy (non-hydrogen) atoms. The van der Waals surface area contributed by atoms with Crippen LogP contribution in [0.15, 0.2) is 61.2 Å². The third kappa shape index (κ3) is 6.76. The summed E-state index contributed by atoms with van der Waals surface area (Å²) in [4.78, 5) is 17.5. The first-order valence-electron chi connectivity index (χ1n) is 10.8. The fourth-order valence-corrected chi connectivity index (χ4v) is 3.18. The van der Waals surface area contributed by atoms with Crippen molar-refractivity contribution in [2.75, 3.05) is 11.9 Å². The van der Waals surface area contributed by atoms with E-state index in [1.54, 1.807) is 12.3 Å². The van der Waals surface area contributed by atoms with Gasteiger partial charge in [-0.25, -0.2) is 19.9 Å². The summed E-state index contributed by atoms with van der Waals surface area (Å²) >= 11 is 0. The van der Waals surface area contributed by atoms with E-state index in [1.165, 1.54) is 6.33 Å². The molecule has 0 aliphatic heterocycles. The number of nitrogens with one attached hydrogen (secondary N) is 1. The molecule has 4 rings (SSSR count). The molecule has 0 aliphatic carbocycles. The number of benzene rings is 1. The van der Waals surface area contributed by atoms with Gasteiger partial charge in [-0.05, 0) is 61.6 Å². The van der Waals surface area contributed by atoms with Crippen LogP contribution in [0.25, 0.3) is 10.9 Å². The first kappa shape index (κ1) is 24.2. The normalized spacial score (nSPS) is 10.7. The van der Waals surface area contributed by atoms with Gasteiger partial charge in [0.15, 0.2) is 0 Å². The minimum atomic E-state index is 0. The Kier molecular flexibility index (Phi) is 8.38. The molecule has 1 aromatic carbocycles.